The van der Waals surface area contributed by atoms with Gasteiger partial charge in [0.25, 0.3) is 5.91 Å². The van der Waals surface area contributed by atoms with Gasteiger partial charge in [0.05, 0.1) is 11.0 Å². The highest BCUT2D eigenvalue weighted by molar-refractivity contribution is 6.04. The van der Waals surface area contributed by atoms with Crippen LogP contribution in [-0.4, -0.2) is 20.9 Å². The highest BCUT2D eigenvalue weighted by atomic mass is 16.1. The zero-order chi connectivity index (χ0) is 15.7. The van der Waals surface area contributed by atoms with Gasteiger partial charge in [0.1, 0.15) is 5.82 Å². The van der Waals surface area contributed by atoms with Crippen LogP contribution in [-0.2, 0) is 5.41 Å². The first kappa shape index (κ1) is 14.3. The van der Waals surface area contributed by atoms with Gasteiger partial charge in [-0.25, -0.2) is 4.98 Å². The van der Waals surface area contributed by atoms with E-state index in [0.29, 0.717) is 5.56 Å². The summed E-state index contributed by atoms with van der Waals surface area (Å²) in [7, 11) is 0. The first-order valence-electron chi connectivity index (χ1n) is 7.15. The third-order valence-electron chi connectivity index (χ3n) is 3.39. The van der Waals surface area contributed by atoms with Gasteiger partial charge in [0, 0.05) is 29.1 Å². The molecule has 0 saturated carbocycles. The van der Waals surface area contributed by atoms with Gasteiger partial charge in [-0.05, 0) is 30.3 Å². The number of hydrogen-bond acceptors (Lipinski definition) is 3. The maximum atomic E-state index is 12.1. The third-order valence-corrected chi connectivity index (χ3v) is 3.39. The van der Waals surface area contributed by atoms with Gasteiger partial charge in [-0.2, -0.15) is 0 Å². The SMILES string of the molecule is CC(C)(C)c1nc2ccc(NC(=O)c3ccncc3)cc2[nH]1. The van der Waals surface area contributed by atoms with Crippen molar-refractivity contribution >= 4 is 22.6 Å². The molecule has 3 aromatic rings. The minimum Gasteiger partial charge on any atom is -0.341 e. The predicted octanol–water partition coefficient (Wildman–Crippen LogP) is 3.51. The fourth-order valence-electron chi connectivity index (χ4n) is 2.15. The first-order valence-corrected chi connectivity index (χ1v) is 7.15. The Labute approximate surface area is 128 Å². The Hall–Kier alpha value is -2.69. The number of benzene rings is 1. The zero-order valence-corrected chi connectivity index (χ0v) is 12.8. The fraction of sp³-hybridized carbons (Fsp3) is 0.235. The van der Waals surface area contributed by atoms with E-state index in [0.717, 1.165) is 22.5 Å². The lowest BCUT2D eigenvalue weighted by molar-refractivity contribution is 0.102. The second-order valence-corrected chi connectivity index (χ2v) is 6.26. The Kier molecular flexibility index (Phi) is 3.41. The minimum atomic E-state index is -0.155. The summed E-state index contributed by atoms with van der Waals surface area (Å²) in [5.41, 5.74) is 3.08. The molecule has 3 rings (SSSR count). The zero-order valence-electron chi connectivity index (χ0n) is 12.8. The average Bonchev–Trinajstić information content (AvgIpc) is 2.91. The van der Waals surface area contributed by atoms with Gasteiger partial charge in [-0.1, -0.05) is 20.8 Å². The summed E-state index contributed by atoms with van der Waals surface area (Å²) in [6.45, 7) is 6.32. The Morgan fingerprint density at radius 3 is 2.55 bits per heavy atom. The summed E-state index contributed by atoms with van der Waals surface area (Å²) in [4.78, 5) is 24.0. The number of carbonyl (C=O) groups excluding carboxylic acids is 1. The second-order valence-electron chi connectivity index (χ2n) is 6.26. The van der Waals surface area contributed by atoms with E-state index >= 15 is 0 Å². The molecule has 112 valence electrons. The average molecular weight is 294 g/mol. The highest BCUT2D eigenvalue weighted by Crippen LogP contribution is 2.24. The number of amides is 1. The maximum Gasteiger partial charge on any atom is 0.255 e. The molecular formula is C17H18N4O. The van der Waals surface area contributed by atoms with Crippen LogP contribution in [0.2, 0.25) is 0 Å². The molecular weight excluding hydrogens is 276 g/mol. The number of fused-ring (bicyclic) bond motifs is 1. The Morgan fingerprint density at radius 2 is 1.86 bits per heavy atom. The van der Waals surface area contributed by atoms with Crippen molar-refractivity contribution in [1.29, 1.82) is 0 Å². The summed E-state index contributed by atoms with van der Waals surface area (Å²) in [6, 6.07) is 9.03. The molecule has 0 aliphatic rings. The van der Waals surface area contributed by atoms with E-state index in [4.69, 9.17) is 0 Å². The van der Waals surface area contributed by atoms with Crippen molar-refractivity contribution in [3.8, 4) is 0 Å². The topological polar surface area (TPSA) is 70.7 Å². The number of H-pyrrole nitrogens is 1. The van der Waals surface area contributed by atoms with Crippen LogP contribution in [0.1, 0.15) is 37.0 Å². The van der Waals surface area contributed by atoms with Gasteiger partial charge in [-0.3, -0.25) is 9.78 Å². The van der Waals surface area contributed by atoms with E-state index in [-0.39, 0.29) is 11.3 Å². The van der Waals surface area contributed by atoms with Crippen molar-refractivity contribution in [2.24, 2.45) is 0 Å². The second kappa shape index (κ2) is 5.26. The molecule has 5 heteroatoms. The van der Waals surface area contributed by atoms with Crippen LogP contribution >= 0.6 is 0 Å². The molecule has 0 bridgehead atoms. The van der Waals surface area contributed by atoms with Gasteiger partial charge < -0.3 is 10.3 Å². The number of anilines is 1. The number of imidazole rings is 1. The van der Waals surface area contributed by atoms with E-state index in [1.54, 1.807) is 24.5 Å². The van der Waals surface area contributed by atoms with Crippen molar-refractivity contribution in [1.82, 2.24) is 15.0 Å². The molecule has 0 aliphatic heterocycles. The molecule has 2 N–H and O–H groups in total. The van der Waals surface area contributed by atoms with Gasteiger partial charge >= 0.3 is 0 Å². The standard InChI is InChI=1S/C17H18N4O/c1-17(2,3)16-20-13-5-4-12(10-14(13)21-16)19-15(22)11-6-8-18-9-7-11/h4-10H,1-3H3,(H,19,22)(H,20,21). The molecule has 2 aromatic heterocycles. The molecule has 0 atom stereocenters. The minimum absolute atomic E-state index is 0.0422. The largest absolute Gasteiger partial charge is 0.341 e. The summed E-state index contributed by atoms with van der Waals surface area (Å²) in [5.74, 6) is 0.775. The van der Waals surface area contributed by atoms with E-state index in [1.807, 2.05) is 18.2 Å². The van der Waals surface area contributed by atoms with Crippen molar-refractivity contribution in [3.05, 3.63) is 54.1 Å². The number of hydrogen-bond donors (Lipinski definition) is 2. The molecule has 0 spiro atoms. The van der Waals surface area contributed by atoms with Crippen LogP contribution < -0.4 is 5.32 Å². The number of rotatable bonds is 2. The Morgan fingerprint density at radius 1 is 1.14 bits per heavy atom. The third kappa shape index (κ3) is 2.83. The van der Waals surface area contributed by atoms with Gasteiger partial charge in [-0.15, -0.1) is 0 Å². The van der Waals surface area contributed by atoms with Crippen LogP contribution in [0.5, 0.6) is 0 Å². The summed E-state index contributed by atoms with van der Waals surface area (Å²) >= 11 is 0. The van der Waals surface area contributed by atoms with Gasteiger partial charge in [0.2, 0.25) is 0 Å². The van der Waals surface area contributed by atoms with E-state index in [1.165, 1.54) is 0 Å². The summed E-state index contributed by atoms with van der Waals surface area (Å²) < 4.78 is 0. The van der Waals surface area contributed by atoms with E-state index in [2.05, 4.69) is 41.0 Å². The number of carbonyl (C=O) groups is 1. The lowest BCUT2D eigenvalue weighted by Crippen LogP contribution is -2.13. The number of nitrogens with one attached hydrogen (secondary N) is 2. The maximum absolute atomic E-state index is 12.1. The lowest BCUT2D eigenvalue weighted by Gasteiger charge is -2.13. The number of pyridine rings is 1. The van der Waals surface area contributed by atoms with Crippen LogP contribution in [0.3, 0.4) is 0 Å². The predicted molar refractivity (Wildman–Crippen MR) is 87.0 cm³/mol. The van der Waals surface area contributed by atoms with Crippen molar-refractivity contribution in [2.45, 2.75) is 26.2 Å². The number of aromatic amines is 1. The van der Waals surface area contributed by atoms with Crippen molar-refractivity contribution in [2.75, 3.05) is 5.32 Å². The number of nitrogens with zero attached hydrogens (tertiary/aromatic N) is 2. The molecule has 0 aliphatic carbocycles. The molecule has 0 fully saturated rings. The molecule has 1 aromatic carbocycles. The summed E-state index contributed by atoms with van der Waals surface area (Å²) in [6.07, 6.45) is 3.20. The normalized spacial score (nSPS) is 11.6. The number of aromatic nitrogens is 3. The highest BCUT2D eigenvalue weighted by Gasteiger charge is 2.18. The van der Waals surface area contributed by atoms with Crippen molar-refractivity contribution < 1.29 is 4.79 Å². The lowest BCUT2D eigenvalue weighted by atomic mass is 9.96. The molecule has 0 radical (unpaired) electrons. The molecule has 0 saturated heterocycles. The smallest absolute Gasteiger partial charge is 0.255 e. The molecule has 1 amide bonds. The molecule has 0 unspecified atom stereocenters. The quantitative estimate of drug-likeness (QED) is 0.760. The monoisotopic (exact) mass is 294 g/mol. The summed E-state index contributed by atoms with van der Waals surface area (Å²) in [5, 5.41) is 2.88. The fourth-order valence-corrected chi connectivity index (χ4v) is 2.15. The van der Waals surface area contributed by atoms with Crippen LogP contribution in [0.25, 0.3) is 11.0 Å². The Balaban J connectivity index is 1.88. The van der Waals surface area contributed by atoms with Crippen LogP contribution in [0.15, 0.2) is 42.7 Å². The molecule has 2 heterocycles. The van der Waals surface area contributed by atoms with Crippen molar-refractivity contribution in [3.63, 3.8) is 0 Å². The van der Waals surface area contributed by atoms with E-state index < -0.39 is 0 Å². The van der Waals surface area contributed by atoms with Crippen LogP contribution in [0.4, 0.5) is 5.69 Å². The Bertz CT molecular complexity index is 816. The first-order chi connectivity index (χ1) is 10.4. The molecule has 22 heavy (non-hydrogen) atoms. The van der Waals surface area contributed by atoms with Gasteiger partial charge in [0.15, 0.2) is 0 Å². The van der Waals surface area contributed by atoms with Crippen LogP contribution in [0, 0.1) is 0 Å². The van der Waals surface area contributed by atoms with E-state index in [9.17, 15) is 4.79 Å². The molecule has 5 nitrogen and oxygen atoms in total.